The predicted octanol–water partition coefficient (Wildman–Crippen LogP) is 5.99. The van der Waals surface area contributed by atoms with Crippen LogP contribution in [0.1, 0.15) is 46.7 Å². The van der Waals surface area contributed by atoms with Gasteiger partial charge in [0.1, 0.15) is 0 Å². The maximum Gasteiger partial charge on any atom is 0.0770 e. The second-order valence-corrected chi connectivity index (χ2v) is 7.46. The number of rotatable bonds is 6. The number of allylic oxidation sites excluding steroid dienone is 1. The van der Waals surface area contributed by atoms with Crippen LogP contribution in [0.3, 0.4) is 0 Å². The largest absolute Gasteiger partial charge is 0.374 e. The highest BCUT2D eigenvalue weighted by Crippen LogP contribution is 2.36. The number of hydroxylamine groups is 1. The van der Waals surface area contributed by atoms with Gasteiger partial charge in [0.25, 0.3) is 0 Å². The summed E-state index contributed by atoms with van der Waals surface area (Å²) in [5, 5.41) is 13.2. The third-order valence-electron chi connectivity index (χ3n) is 5.44. The summed E-state index contributed by atoms with van der Waals surface area (Å²) >= 11 is 0. The highest BCUT2D eigenvalue weighted by atomic mass is 16.5. The van der Waals surface area contributed by atoms with Crippen LogP contribution in [0.5, 0.6) is 0 Å². The Balaban J connectivity index is 1.72. The van der Waals surface area contributed by atoms with E-state index in [-0.39, 0.29) is 6.04 Å². The Bertz CT molecular complexity index is 999. The van der Waals surface area contributed by atoms with E-state index in [1.54, 1.807) is 0 Å². The van der Waals surface area contributed by atoms with E-state index in [9.17, 15) is 5.21 Å². The molecule has 1 aliphatic rings. The van der Waals surface area contributed by atoms with Gasteiger partial charge in [0, 0.05) is 5.69 Å². The van der Waals surface area contributed by atoms with Crippen LogP contribution in [-0.2, 0) is 0 Å². The predicted molar refractivity (Wildman–Crippen MR) is 115 cm³/mol. The zero-order chi connectivity index (χ0) is 19.5. The Morgan fingerprint density at radius 2 is 1.46 bits per heavy atom. The zero-order valence-corrected chi connectivity index (χ0v) is 16.4. The maximum atomic E-state index is 9.49. The molecule has 3 aromatic rings. The molecule has 3 nitrogen and oxygen atoms in total. The molecule has 3 N–H and O–H groups in total. The number of para-hydroxylation sites is 1. The van der Waals surface area contributed by atoms with Gasteiger partial charge < -0.3 is 5.32 Å². The molecule has 3 heteroatoms. The molecule has 1 aliphatic carbocycles. The third-order valence-corrected chi connectivity index (χ3v) is 5.44. The lowest BCUT2D eigenvalue weighted by atomic mass is 9.93. The molecule has 1 unspecified atom stereocenters. The number of benzene rings is 3. The number of hydrogen-bond donors (Lipinski definition) is 3. The fourth-order valence-corrected chi connectivity index (χ4v) is 3.64. The molecule has 0 aliphatic heterocycles. The van der Waals surface area contributed by atoms with Crippen LogP contribution < -0.4 is 10.8 Å². The van der Waals surface area contributed by atoms with E-state index in [0.29, 0.717) is 0 Å². The molecule has 0 amide bonds. The molecule has 0 radical (unpaired) electrons. The molecular formula is C25H26N2O. The van der Waals surface area contributed by atoms with Gasteiger partial charge in [-0.1, -0.05) is 66.7 Å². The summed E-state index contributed by atoms with van der Waals surface area (Å²) < 4.78 is 0. The first-order chi connectivity index (χ1) is 13.7. The maximum absolute atomic E-state index is 9.49. The molecule has 1 fully saturated rings. The first kappa shape index (κ1) is 18.3. The van der Waals surface area contributed by atoms with Crippen LogP contribution >= 0.6 is 0 Å². The third kappa shape index (κ3) is 3.80. The lowest BCUT2D eigenvalue weighted by Crippen LogP contribution is -2.14. The zero-order valence-electron chi connectivity index (χ0n) is 16.4. The minimum Gasteiger partial charge on any atom is -0.374 e. The van der Waals surface area contributed by atoms with Crippen LogP contribution in [0, 0.1) is 13.8 Å². The molecule has 3 aromatic carbocycles. The molecular weight excluding hydrogens is 344 g/mol. The molecule has 0 spiro atoms. The van der Waals surface area contributed by atoms with Crippen molar-refractivity contribution in [1.29, 1.82) is 0 Å². The second-order valence-electron chi connectivity index (χ2n) is 7.46. The summed E-state index contributed by atoms with van der Waals surface area (Å²) in [4.78, 5) is 0. The van der Waals surface area contributed by atoms with Crippen molar-refractivity contribution < 1.29 is 5.21 Å². The van der Waals surface area contributed by atoms with E-state index >= 15 is 0 Å². The van der Waals surface area contributed by atoms with Crippen molar-refractivity contribution in [1.82, 2.24) is 5.48 Å². The molecule has 0 saturated heterocycles. The van der Waals surface area contributed by atoms with Gasteiger partial charge in [-0.25, -0.2) is 0 Å². The van der Waals surface area contributed by atoms with E-state index in [4.69, 9.17) is 0 Å². The van der Waals surface area contributed by atoms with Crippen molar-refractivity contribution in [3.8, 4) is 0 Å². The molecule has 1 atom stereocenters. The average molecular weight is 370 g/mol. The Hall–Kier alpha value is -3.04. The van der Waals surface area contributed by atoms with Gasteiger partial charge in [-0.05, 0) is 66.1 Å². The normalized spacial score (nSPS) is 13.8. The number of anilines is 1. The molecule has 0 aromatic heterocycles. The van der Waals surface area contributed by atoms with Gasteiger partial charge in [-0.3, -0.25) is 10.7 Å². The summed E-state index contributed by atoms with van der Waals surface area (Å²) in [6.07, 6.45) is 2.12. The lowest BCUT2D eigenvalue weighted by molar-refractivity contribution is 0.224. The van der Waals surface area contributed by atoms with E-state index < -0.39 is 0 Å². The number of hydrogen-bond acceptors (Lipinski definition) is 3. The van der Waals surface area contributed by atoms with Gasteiger partial charge in [-0.15, -0.1) is 0 Å². The van der Waals surface area contributed by atoms with E-state index in [2.05, 4.69) is 97.4 Å². The Labute approximate surface area is 166 Å². The van der Waals surface area contributed by atoms with Crippen molar-refractivity contribution in [3.63, 3.8) is 0 Å². The summed E-state index contributed by atoms with van der Waals surface area (Å²) in [5.41, 5.74) is 11.6. The van der Waals surface area contributed by atoms with Crippen molar-refractivity contribution in [3.05, 3.63) is 106 Å². The second kappa shape index (κ2) is 7.91. The fraction of sp³-hybridized carbons (Fsp3) is 0.200. The van der Waals surface area contributed by atoms with Crippen LogP contribution in [-0.4, -0.2) is 5.21 Å². The van der Waals surface area contributed by atoms with E-state index in [0.717, 1.165) is 29.8 Å². The van der Waals surface area contributed by atoms with Gasteiger partial charge in [-0.2, -0.15) is 0 Å². The lowest BCUT2D eigenvalue weighted by Gasteiger charge is -2.24. The van der Waals surface area contributed by atoms with E-state index in [1.807, 2.05) is 0 Å². The fourth-order valence-electron chi connectivity index (χ4n) is 3.64. The van der Waals surface area contributed by atoms with Gasteiger partial charge >= 0.3 is 0 Å². The molecule has 142 valence electrons. The Morgan fingerprint density at radius 1 is 0.821 bits per heavy atom. The molecule has 0 heterocycles. The van der Waals surface area contributed by atoms with Crippen LogP contribution in [0.25, 0.3) is 5.70 Å². The van der Waals surface area contributed by atoms with Gasteiger partial charge in [0.2, 0.25) is 0 Å². The minimum atomic E-state index is 0.0514. The number of aryl methyl sites for hydroxylation is 2. The Kier molecular flexibility index (Phi) is 5.18. The Morgan fingerprint density at radius 3 is 2.07 bits per heavy atom. The van der Waals surface area contributed by atoms with Crippen molar-refractivity contribution in [2.75, 3.05) is 5.32 Å². The molecule has 0 bridgehead atoms. The summed E-state index contributed by atoms with van der Waals surface area (Å²) in [6.45, 7) is 4.28. The average Bonchev–Trinajstić information content (AvgIpc) is 3.55. The first-order valence-corrected chi connectivity index (χ1v) is 9.77. The van der Waals surface area contributed by atoms with Crippen LogP contribution in [0.2, 0.25) is 0 Å². The van der Waals surface area contributed by atoms with Gasteiger partial charge in [0.15, 0.2) is 0 Å². The molecule has 4 rings (SSSR count). The smallest absolute Gasteiger partial charge is 0.0770 e. The molecule has 1 saturated carbocycles. The summed E-state index contributed by atoms with van der Waals surface area (Å²) in [6, 6.07) is 25.4. The molecule has 28 heavy (non-hydrogen) atoms. The van der Waals surface area contributed by atoms with Gasteiger partial charge in [0.05, 0.1) is 11.7 Å². The summed E-state index contributed by atoms with van der Waals surface area (Å²) in [7, 11) is 0. The number of nitrogens with one attached hydrogen (secondary N) is 2. The minimum absolute atomic E-state index is 0.0514. The van der Waals surface area contributed by atoms with Crippen molar-refractivity contribution in [2.45, 2.75) is 32.7 Å². The first-order valence-electron chi connectivity index (χ1n) is 9.77. The highest BCUT2D eigenvalue weighted by Gasteiger charge is 2.20. The topological polar surface area (TPSA) is 44.3 Å². The SMILES string of the molecule is Cc1ccccc1NC(c1ccc(C(NO)=C2CC2)cc1)c1ccccc1C. The van der Waals surface area contributed by atoms with E-state index in [1.165, 1.54) is 27.8 Å². The van der Waals surface area contributed by atoms with Crippen molar-refractivity contribution in [2.24, 2.45) is 0 Å². The standard InChI is InChI=1S/C25H26N2O/c1-17-7-3-5-9-22(17)25(26-23-10-6-4-8-18(23)2)21-15-13-20(14-16-21)24(27-28)19-11-12-19/h3-10,13-16,25-28H,11-12H2,1-2H3. The monoisotopic (exact) mass is 370 g/mol. The highest BCUT2D eigenvalue weighted by molar-refractivity contribution is 5.69. The van der Waals surface area contributed by atoms with Crippen molar-refractivity contribution >= 4 is 11.4 Å². The quantitative estimate of drug-likeness (QED) is 0.467. The van der Waals surface area contributed by atoms with Crippen LogP contribution in [0.4, 0.5) is 5.69 Å². The van der Waals surface area contributed by atoms with Crippen LogP contribution in [0.15, 0.2) is 78.4 Å². The summed E-state index contributed by atoms with van der Waals surface area (Å²) in [5.74, 6) is 0.